The Morgan fingerprint density at radius 1 is 1.00 bits per heavy atom. The van der Waals surface area contributed by atoms with Gasteiger partial charge in [0.25, 0.3) is 5.91 Å². The number of halogens is 1. The van der Waals surface area contributed by atoms with Crippen LogP contribution in [0, 0.1) is 5.82 Å². The number of nitrogens with zero attached hydrogens (tertiary/aromatic N) is 4. The minimum absolute atomic E-state index is 0.194. The van der Waals surface area contributed by atoms with Crippen LogP contribution in [0.25, 0.3) is 11.3 Å². The fraction of sp³-hybridized carbons (Fsp3) is 0.0476. The minimum Gasteiger partial charge on any atom is -0.312 e. The molecule has 1 N–H and O–H groups in total. The van der Waals surface area contributed by atoms with Crippen molar-refractivity contribution in [2.75, 3.05) is 5.32 Å². The minimum atomic E-state index is -0.397. The summed E-state index contributed by atoms with van der Waals surface area (Å²) >= 11 is 0. The van der Waals surface area contributed by atoms with E-state index in [1.54, 1.807) is 18.5 Å². The largest absolute Gasteiger partial charge is 0.312 e. The molecule has 0 bridgehead atoms. The maximum Gasteiger partial charge on any atom is 0.277 e. The van der Waals surface area contributed by atoms with Gasteiger partial charge in [-0.25, -0.2) is 14.4 Å². The molecule has 0 fully saturated rings. The van der Waals surface area contributed by atoms with Crippen LogP contribution in [0.5, 0.6) is 0 Å². The summed E-state index contributed by atoms with van der Waals surface area (Å²) in [6.07, 6.45) is 6.00. The van der Waals surface area contributed by atoms with Gasteiger partial charge in [0.15, 0.2) is 0 Å². The van der Waals surface area contributed by atoms with Gasteiger partial charge < -0.3 is 9.88 Å². The summed E-state index contributed by atoms with van der Waals surface area (Å²) in [5, 5.41) is 2.87. The van der Waals surface area contributed by atoms with Crippen LogP contribution in [0.1, 0.15) is 16.1 Å². The fourth-order valence-electron chi connectivity index (χ4n) is 2.82. The molecule has 2 aromatic carbocycles. The predicted molar refractivity (Wildman–Crippen MR) is 103 cm³/mol. The van der Waals surface area contributed by atoms with E-state index >= 15 is 0 Å². The lowest BCUT2D eigenvalue weighted by molar-refractivity contribution is 0.102. The summed E-state index contributed by atoms with van der Waals surface area (Å²) in [4.78, 5) is 25.0. The average molecular weight is 373 g/mol. The van der Waals surface area contributed by atoms with E-state index in [0.29, 0.717) is 23.6 Å². The van der Waals surface area contributed by atoms with Gasteiger partial charge in [-0.3, -0.25) is 9.78 Å². The van der Waals surface area contributed by atoms with E-state index in [0.717, 1.165) is 5.56 Å². The number of amides is 1. The Hall–Kier alpha value is -3.87. The van der Waals surface area contributed by atoms with E-state index in [1.165, 1.54) is 30.7 Å². The molecule has 6 nitrogen and oxygen atoms in total. The van der Waals surface area contributed by atoms with Crippen LogP contribution in [0.3, 0.4) is 0 Å². The molecule has 0 saturated heterocycles. The standard InChI is InChI=1S/C21H16FN5O/c22-17-8-6-16(7-9-17)19-20(26-21(28)18-12-23-10-11-24-18)27(14-25-19)13-15-4-2-1-3-5-15/h1-12,14H,13H2,(H,26,28). The predicted octanol–water partition coefficient (Wildman–Crippen LogP) is 3.78. The number of imidazole rings is 1. The van der Waals surface area contributed by atoms with E-state index in [9.17, 15) is 9.18 Å². The monoisotopic (exact) mass is 373 g/mol. The Kier molecular flexibility index (Phi) is 4.88. The second-order valence-electron chi connectivity index (χ2n) is 6.11. The van der Waals surface area contributed by atoms with Gasteiger partial charge in [0.05, 0.1) is 19.1 Å². The second-order valence-corrected chi connectivity index (χ2v) is 6.11. The van der Waals surface area contributed by atoms with Crippen molar-refractivity contribution >= 4 is 11.7 Å². The molecule has 2 aromatic heterocycles. The Bertz CT molecular complexity index is 1080. The molecule has 0 radical (unpaired) electrons. The van der Waals surface area contributed by atoms with Crippen LogP contribution < -0.4 is 5.32 Å². The maximum absolute atomic E-state index is 13.3. The van der Waals surface area contributed by atoms with Crippen molar-refractivity contribution < 1.29 is 9.18 Å². The van der Waals surface area contributed by atoms with E-state index < -0.39 is 5.91 Å². The summed E-state index contributed by atoms with van der Waals surface area (Å²) in [5.41, 5.74) is 2.50. The second kappa shape index (κ2) is 7.79. The third kappa shape index (κ3) is 3.78. The Labute approximate surface area is 160 Å². The quantitative estimate of drug-likeness (QED) is 0.578. The first kappa shape index (κ1) is 17.5. The summed E-state index contributed by atoms with van der Waals surface area (Å²) in [6, 6.07) is 15.8. The van der Waals surface area contributed by atoms with Gasteiger partial charge in [0.1, 0.15) is 23.0 Å². The lowest BCUT2D eigenvalue weighted by Crippen LogP contribution is -2.17. The van der Waals surface area contributed by atoms with E-state index in [-0.39, 0.29) is 11.5 Å². The lowest BCUT2D eigenvalue weighted by Gasteiger charge is -2.12. The Morgan fingerprint density at radius 3 is 2.50 bits per heavy atom. The zero-order valence-electron chi connectivity index (χ0n) is 14.8. The molecule has 0 spiro atoms. The maximum atomic E-state index is 13.3. The number of hydrogen-bond acceptors (Lipinski definition) is 4. The third-order valence-electron chi connectivity index (χ3n) is 4.18. The number of hydrogen-bond donors (Lipinski definition) is 1. The zero-order valence-corrected chi connectivity index (χ0v) is 14.8. The number of carbonyl (C=O) groups is 1. The number of aromatic nitrogens is 4. The zero-order chi connectivity index (χ0) is 19.3. The molecular weight excluding hydrogens is 357 g/mol. The first-order chi connectivity index (χ1) is 13.7. The van der Waals surface area contributed by atoms with Crippen LogP contribution in [0.2, 0.25) is 0 Å². The number of carbonyl (C=O) groups excluding carboxylic acids is 1. The van der Waals surface area contributed by atoms with Crippen molar-refractivity contribution in [3.63, 3.8) is 0 Å². The molecular formula is C21H16FN5O. The Balaban J connectivity index is 1.72. The molecule has 7 heteroatoms. The highest BCUT2D eigenvalue weighted by molar-refractivity contribution is 6.03. The van der Waals surface area contributed by atoms with Crippen LogP contribution >= 0.6 is 0 Å². The van der Waals surface area contributed by atoms with Gasteiger partial charge in [0, 0.05) is 18.0 Å². The van der Waals surface area contributed by atoms with Gasteiger partial charge in [0.2, 0.25) is 0 Å². The Morgan fingerprint density at radius 2 is 1.79 bits per heavy atom. The van der Waals surface area contributed by atoms with Gasteiger partial charge in [-0.15, -0.1) is 0 Å². The lowest BCUT2D eigenvalue weighted by atomic mass is 10.1. The van der Waals surface area contributed by atoms with E-state index in [4.69, 9.17) is 0 Å². The van der Waals surface area contributed by atoms with Crippen LogP contribution in [0.4, 0.5) is 10.2 Å². The van der Waals surface area contributed by atoms with Gasteiger partial charge >= 0.3 is 0 Å². The highest BCUT2D eigenvalue weighted by atomic mass is 19.1. The van der Waals surface area contributed by atoms with Crippen molar-refractivity contribution in [3.05, 3.63) is 96.6 Å². The smallest absolute Gasteiger partial charge is 0.277 e. The number of rotatable bonds is 5. The molecule has 0 aliphatic heterocycles. The molecule has 1 amide bonds. The van der Waals surface area contributed by atoms with Crippen molar-refractivity contribution in [2.45, 2.75) is 6.54 Å². The summed E-state index contributed by atoms with van der Waals surface area (Å²) < 4.78 is 15.2. The molecule has 0 unspecified atom stereocenters. The van der Waals surface area contributed by atoms with Crippen molar-refractivity contribution in [2.24, 2.45) is 0 Å². The van der Waals surface area contributed by atoms with Crippen LogP contribution in [0.15, 0.2) is 79.5 Å². The van der Waals surface area contributed by atoms with Crippen molar-refractivity contribution in [3.8, 4) is 11.3 Å². The molecule has 0 aliphatic carbocycles. The molecule has 0 aliphatic rings. The summed E-state index contributed by atoms with van der Waals surface area (Å²) in [5.74, 6) is -0.227. The molecule has 4 aromatic rings. The highest BCUT2D eigenvalue weighted by Gasteiger charge is 2.17. The SMILES string of the molecule is O=C(Nc1c(-c2ccc(F)cc2)ncn1Cc1ccccc1)c1cnccn1. The molecule has 0 saturated carbocycles. The highest BCUT2D eigenvalue weighted by Crippen LogP contribution is 2.28. The summed E-state index contributed by atoms with van der Waals surface area (Å²) in [7, 11) is 0. The van der Waals surface area contributed by atoms with E-state index in [1.807, 2.05) is 34.9 Å². The van der Waals surface area contributed by atoms with Gasteiger partial charge in [-0.05, 0) is 29.8 Å². The molecule has 138 valence electrons. The third-order valence-corrected chi connectivity index (χ3v) is 4.18. The van der Waals surface area contributed by atoms with Crippen LogP contribution in [-0.2, 0) is 6.54 Å². The molecule has 0 atom stereocenters. The average Bonchev–Trinajstić information content (AvgIpc) is 3.12. The number of nitrogens with one attached hydrogen (secondary N) is 1. The number of benzene rings is 2. The van der Waals surface area contributed by atoms with Crippen molar-refractivity contribution in [1.82, 2.24) is 19.5 Å². The molecule has 28 heavy (non-hydrogen) atoms. The van der Waals surface area contributed by atoms with Gasteiger partial charge in [-0.2, -0.15) is 0 Å². The normalized spacial score (nSPS) is 10.6. The summed E-state index contributed by atoms with van der Waals surface area (Å²) in [6.45, 7) is 0.519. The molecule has 4 rings (SSSR count). The van der Waals surface area contributed by atoms with Crippen molar-refractivity contribution in [1.29, 1.82) is 0 Å². The fourth-order valence-corrected chi connectivity index (χ4v) is 2.82. The topological polar surface area (TPSA) is 72.7 Å². The first-order valence-corrected chi connectivity index (χ1v) is 8.63. The van der Waals surface area contributed by atoms with Crippen LogP contribution in [-0.4, -0.2) is 25.4 Å². The van der Waals surface area contributed by atoms with Gasteiger partial charge in [-0.1, -0.05) is 30.3 Å². The first-order valence-electron chi connectivity index (χ1n) is 8.63. The number of anilines is 1. The van der Waals surface area contributed by atoms with E-state index in [2.05, 4.69) is 20.3 Å². The molecule has 2 heterocycles.